The van der Waals surface area contributed by atoms with Crippen LogP contribution in [0.1, 0.15) is 16.8 Å². The van der Waals surface area contributed by atoms with E-state index in [4.69, 9.17) is 9.47 Å². The average molecular weight is 310 g/mol. The highest BCUT2D eigenvalue weighted by Gasteiger charge is 2.31. The Hall–Kier alpha value is -0.950. The summed E-state index contributed by atoms with van der Waals surface area (Å²) in [6, 6.07) is 2.21. The Labute approximate surface area is 129 Å². The maximum absolute atomic E-state index is 12.1. The predicted octanol–water partition coefficient (Wildman–Crippen LogP) is 1.22. The molecule has 2 aliphatic heterocycles. The number of thiophene rings is 1. The van der Waals surface area contributed by atoms with Crippen LogP contribution in [0, 0.1) is 5.92 Å². The first kappa shape index (κ1) is 15.0. The molecule has 21 heavy (non-hydrogen) atoms. The zero-order valence-electron chi connectivity index (χ0n) is 12.1. The SMILES string of the molecule is O=C(NC[C@H]([C@@H]1CCOC1)N1CCOCC1)c1ccsc1. The number of amides is 1. The number of carbonyl (C=O) groups is 1. The van der Waals surface area contributed by atoms with Gasteiger partial charge in [0.15, 0.2) is 0 Å². The summed E-state index contributed by atoms with van der Waals surface area (Å²) >= 11 is 1.55. The van der Waals surface area contributed by atoms with Crippen molar-refractivity contribution in [2.75, 3.05) is 46.1 Å². The lowest BCUT2D eigenvalue weighted by molar-refractivity contribution is 0.00166. The number of nitrogens with one attached hydrogen (secondary N) is 1. The van der Waals surface area contributed by atoms with Crippen molar-refractivity contribution in [1.82, 2.24) is 10.2 Å². The first-order chi connectivity index (χ1) is 10.3. The minimum Gasteiger partial charge on any atom is -0.381 e. The molecule has 3 rings (SSSR count). The molecule has 2 atom stereocenters. The first-order valence-electron chi connectivity index (χ1n) is 7.54. The second kappa shape index (κ2) is 7.35. The van der Waals surface area contributed by atoms with Gasteiger partial charge in [-0.25, -0.2) is 0 Å². The van der Waals surface area contributed by atoms with Gasteiger partial charge < -0.3 is 14.8 Å². The Morgan fingerprint density at radius 2 is 2.24 bits per heavy atom. The van der Waals surface area contributed by atoms with Gasteiger partial charge in [0.2, 0.25) is 0 Å². The van der Waals surface area contributed by atoms with E-state index in [1.807, 2.05) is 16.8 Å². The Kier molecular flexibility index (Phi) is 5.24. The summed E-state index contributed by atoms with van der Waals surface area (Å²) in [6.45, 7) is 5.76. The van der Waals surface area contributed by atoms with Crippen LogP contribution in [0.25, 0.3) is 0 Å². The average Bonchev–Trinajstić information content (AvgIpc) is 3.22. The molecular formula is C15H22N2O3S. The molecule has 0 spiro atoms. The number of hydrogen-bond donors (Lipinski definition) is 1. The third-order valence-corrected chi connectivity index (χ3v) is 4.96. The third kappa shape index (κ3) is 3.83. The molecule has 0 unspecified atom stereocenters. The lowest BCUT2D eigenvalue weighted by Gasteiger charge is -2.37. The molecule has 6 heteroatoms. The van der Waals surface area contributed by atoms with Gasteiger partial charge in [-0.05, 0) is 17.9 Å². The number of morpholine rings is 1. The summed E-state index contributed by atoms with van der Waals surface area (Å²) in [6.07, 6.45) is 1.08. The van der Waals surface area contributed by atoms with Crippen LogP contribution in [0.15, 0.2) is 16.8 Å². The molecule has 2 fully saturated rings. The summed E-state index contributed by atoms with van der Waals surface area (Å²) in [7, 11) is 0. The minimum absolute atomic E-state index is 0.0217. The molecule has 0 saturated carbocycles. The van der Waals surface area contributed by atoms with E-state index >= 15 is 0 Å². The van der Waals surface area contributed by atoms with Crippen molar-refractivity contribution in [3.8, 4) is 0 Å². The van der Waals surface area contributed by atoms with E-state index in [0.717, 1.165) is 51.5 Å². The van der Waals surface area contributed by atoms with Gasteiger partial charge in [-0.15, -0.1) is 0 Å². The summed E-state index contributed by atoms with van der Waals surface area (Å²) in [5, 5.41) is 6.91. The lowest BCUT2D eigenvalue weighted by Crippen LogP contribution is -2.52. The van der Waals surface area contributed by atoms with Gasteiger partial charge in [0, 0.05) is 49.1 Å². The molecule has 116 valence electrons. The van der Waals surface area contributed by atoms with E-state index in [2.05, 4.69) is 10.2 Å². The van der Waals surface area contributed by atoms with Crippen molar-refractivity contribution in [3.63, 3.8) is 0 Å². The lowest BCUT2D eigenvalue weighted by atomic mass is 9.96. The first-order valence-corrected chi connectivity index (χ1v) is 8.49. The van der Waals surface area contributed by atoms with Gasteiger partial charge in [0.05, 0.1) is 19.8 Å². The fraction of sp³-hybridized carbons (Fsp3) is 0.667. The Bertz CT molecular complexity index is 440. The van der Waals surface area contributed by atoms with Crippen molar-refractivity contribution in [2.45, 2.75) is 12.5 Å². The molecule has 0 aromatic carbocycles. The fourth-order valence-electron chi connectivity index (χ4n) is 3.05. The topological polar surface area (TPSA) is 50.8 Å². The summed E-state index contributed by atoms with van der Waals surface area (Å²) in [5.41, 5.74) is 0.753. The highest BCUT2D eigenvalue weighted by Crippen LogP contribution is 2.22. The van der Waals surface area contributed by atoms with Crippen LogP contribution in [-0.2, 0) is 9.47 Å². The zero-order valence-corrected chi connectivity index (χ0v) is 12.9. The van der Waals surface area contributed by atoms with Crippen LogP contribution >= 0.6 is 11.3 Å². The molecule has 0 bridgehead atoms. The molecule has 5 nitrogen and oxygen atoms in total. The van der Waals surface area contributed by atoms with Crippen LogP contribution in [0.2, 0.25) is 0 Å². The molecular weight excluding hydrogens is 288 g/mol. The summed E-state index contributed by atoms with van der Waals surface area (Å²) in [5.74, 6) is 0.527. The highest BCUT2D eigenvalue weighted by molar-refractivity contribution is 7.08. The Balaban J connectivity index is 1.59. The van der Waals surface area contributed by atoms with Crippen molar-refractivity contribution in [1.29, 1.82) is 0 Å². The van der Waals surface area contributed by atoms with Gasteiger partial charge in [-0.3, -0.25) is 9.69 Å². The number of rotatable bonds is 5. The van der Waals surface area contributed by atoms with E-state index in [-0.39, 0.29) is 5.91 Å². The van der Waals surface area contributed by atoms with Crippen LogP contribution in [0.3, 0.4) is 0 Å². The van der Waals surface area contributed by atoms with Crippen LogP contribution < -0.4 is 5.32 Å². The molecule has 2 saturated heterocycles. The smallest absolute Gasteiger partial charge is 0.252 e. The molecule has 1 amide bonds. The van der Waals surface area contributed by atoms with E-state index in [1.165, 1.54) is 0 Å². The standard InChI is InChI=1S/C15H22N2O3S/c18-15(13-2-8-21-11-13)16-9-14(12-1-5-20-10-12)17-3-6-19-7-4-17/h2,8,11-12,14H,1,3-7,9-10H2,(H,16,18)/t12-,14-/m1/s1. The molecule has 0 aliphatic carbocycles. The predicted molar refractivity (Wildman–Crippen MR) is 81.8 cm³/mol. The molecule has 3 heterocycles. The fourth-order valence-corrected chi connectivity index (χ4v) is 3.69. The Morgan fingerprint density at radius 1 is 1.38 bits per heavy atom. The third-order valence-electron chi connectivity index (χ3n) is 4.28. The van der Waals surface area contributed by atoms with Gasteiger partial charge in [0.25, 0.3) is 5.91 Å². The van der Waals surface area contributed by atoms with E-state index in [0.29, 0.717) is 18.5 Å². The van der Waals surface area contributed by atoms with Crippen LogP contribution in [-0.4, -0.2) is 62.9 Å². The number of carbonyl (C=O) groups excluding carboxylic acids is 1. The van der Waals surface area contributed by atoms with E-state index in [1.54, 1.807) is 11.3 Å². The van der Waals surface area contributed by atoms with Crippen LogP contribution in [0.4, 0.5) is 0 Å². The molecule has 1 aromatic rings. The van der Waals surface area contributed by atoms with Crippen molar-refractivity contribution < 1.29 is 14.3 Å². The quantitative estimate of drug-likeness (QED) is 0.888. The van der Waals surface area contributed by atoms with E-state index < -0.39 is 0 Å². The second-order valence-electron chi connectivity index (χ2n) is 5.56. The normalized spacial score (nSPS) is 24.9. The van der Waals surface area contributed by atoms with Gasteiger partial charge >= 0.3 is 0 Å². The maximum Gasteiger partial charge on any atom is 0.252 e. The minimum atomic E-state index is 0.0217. The second-order valence-corrected chi connectivity index (χ2v) is 6.34. The van der Waals surface area contributed by atoms with Gasteiger partial charge in [-0.1, -0.05) is 0 Å². The molecule has 0 radical (unpaired) electrons. The molecule has 1 N–H and O–H groups in total. The zero-order chi connectivity index (χ0) is 14.5. The largest absolute Gasteiger partial charge is 0.381 e. The summed E-state index contributed by atoms with van der Waals surface area (Å²) < 4.78 is 11.0. The van der Waals surface area contributed by atoms with Crippen LogP contribution in [0.5, 0.6) is 0 Å². The number of hydrogen-bond acceptors (Lipinski definition) is 5. The monoisotopic (exact) mass is 310 g/mol. The number of ether oxygens (including phenoxy) is 2. The van der Waals surface area contributed by atoms with Crippen molar-refractivity contribution in [3.05, 3.63) is 22.4 Å². The van der Waals surface area contributed by atoms with E-state index in [9.17, 15) is 4.79 Å². The number of nitrogens with zero attached hydrogens (tertiary/aromatic N) is 1. The Morgan fingerprint density at radius 3 is 2.90 bits per heavy atom. The molecule has 1 aromatic heterocycles. The highest BCUT2D eigenvalue weighted by atomic mass is 32.1. The summed E-state index contributed by atoms with van der Waals surface area (Å²) in [4.78, 5) is 14.6. The van der Waals surface area contributed by atoms with Crippen molar-refractivity contribution >= 4 is 17.2 Å². The van der Waals surface area contributed by atoms with Gasteiger partial charge in [-0.2, -0.15) is 11.3 Å². The van der Waals surface area contributed by atoms with Crippen molar-refractivity contribution in [2.24, 2.45) is 5.92 Å². The van der Waals surface area contributed by atoms with Gasteiger partial charge in [0.1, 0.15) is 0 Å². The molecule has 2 aliphatic rings. The maximum atomic E-state index is 12.1.